The van der Waals surface area contributed by atoms with Crippen molar-refractivity contribution in [1.29, 1.82) is 0 Å². The number of fused-ring (bicyclic) bond motifs is 1. The van der Waals surface area contributed by atoms with E-state index in [9.17, 15) is 13.2 Å². The highest BCUT2D eigenvalue weighted by atomic mass is 32.2. The lowest BCUT2D eigenvalue weighted by Crippen LogP contribution is -2.16. The zero-order chi connectivity index (χ0) is 22.3. The molecular weight excluding hydrogens is 418 g/mol. The Labute approximate surface area is 179 Å². The number of nitrogens with zero attached hydrogens (tertiary/aromatic N) is 3. The number of amides is 1. The number of carbonyl (C=O) groups is 1. The third kappa shape index (κ3) is 3.77. The van der Waals surface area contributed by atoms with E-state index < -0.39 is 10.0 Å². The molecule has 160 valence electrons. The normalized spacial score (nSPS) is 11.6. The lowest BCUT2D eigenvalue weighted by Gasteiger charge is -2.09. The second-order valence-electron chi connectivity index (χ2n) is 7.24. The fourth-order valence-corrected chi connectivity index (χ4v) is 4.24. The van der Waals surface area contributed by atoms with Gasteiger partial charge in [-0.3, -0.25) is 9.20 Å². The fourth-order valence-electron chi connectivity index (χ4n) is 3.19. The summed E-state index contributed by atoms with van der Waals surface area (Å²) in [5.74, 6) is -0.259. The van der Waals surface area contributed by atoms with Gasteiger partial charge in [0.1, 0.15) is 11.3 Å². The molecule has 0 fully saturated rings. The predicted octanol–water partition coefficient (Wildman–Crippen LogP) is 3.61. The second kappa shape index (κ2) is 7.55. The van der Waals surface area contributed by atoms with Crippen molar-refractivity contribution in [2.24, 2.45) is 0 Å². The van der Waals surface area contributed by atoms with Crippen LogP contribution in [-0.4, -0.2) is 28.9 Å². The van der Waals surface area contributed by atoms with E-state index in [1.807, 2.05) is 19.1 Å². The molecule has 4 aromatic rings. The zero-order valence-corrected chi connectivity index (χ0v) is 18.2. The molecule has 1 aromatic carbocycles. The molecule has 4 rings (SSSR count). The molecule has 0 aliphatic rings. The van der Waals surface area contributed by atoms with Gasteiger partial charge in [-0.15, -0.1) is 0 Å². The Balaban J connectivity index is 1.55. The maximum Gasteiger partial charge on any atom is 0.274 e. The van der Waals surface area contributed by atoms with Crippen molar-refractivity contribution in [3.8, 4) is 0 Å². The number of hydrogen-bond donors (Lipinski definition) is 2. The van der Waals surface area contributed by atoms with Gasteiger partial charge in [0.25, 0.3) is 15.9 Å². The molecule has 0 bridgehead atoms. The molecule has 0 atom stereocenters. The maximum absolute atomic E-state index is 12.9. The van der Waals surface area contributed by atoms with Gasteiger partial charge in [-0.05, 0) is 63.6 Å². The van der Waals surface area contributed by atoms with Crippen LogP contribution in [0.15, 0.2) is 52.0 Å². The summed E-state index contributed by atoms with van der Waals surface area (Å²) in [4.78, 5) is 17.4. The molecule has 3 aromatic heterocycles. The van der Waals surface area contributed by atoms with Gasteiger partial charge in [-0.2, -0.15) is 0 Å². The largest absolute Gasteiger partial charge is 0.337 e. The SMILES string of the molecule is Cc1noc(NS(=O)(=O)c2ccc(NC(=O)c3c(C)nc4c(C)cccn34)cc2)c1C. The Morgan fingerprint density at radius 2 is 1.74 bits per heavy atom. The summed E-state index contributed by atoms with van der Waals surface area (Å²) in [6, 6.07) is 9.64. The summed E-state index contributed by atoms with van der Waals surface area (Å²) in [5, 5.41) is 6.54. The number of aromatic nitrogens is 3. The van der Waals surface area contributed by atoms with E-state index in [0.29, 0.717) is 28.3 Å². The minimum absolute atomic E-state index is 0.0283. The van der Waals surface area contributed by atoms with Crippen LogP contribution in [-0.2, 0) is 10.0 Å². The molecule has 0 spiro atoms. The number of rotatable bonds is 5. The van der Waals surface area contributed by atoms with Crippen molar-refractivity contribution in [2.75, 3.05) is 10.0 Å². The standard InChI is InChI=1S/C21H21N5O4S/c1-12-6-5-11-26-18(15(4)22-19(12)26)20(27)23-16-7-9-17(10-8-16)31(28,29)25-21-13(2)14(3)24-30-21/h5-11,25H,1-4H3,(H,23,27). The van der Waals surface area contributed by atoms with Gasteiger partial charge in [-0.1, -0.05) is 11.2 Å². The number of sulfonamides is 1. The summed E-state index contributed by atoms with van der Waals surface area (Å²) in [7, 11) is -3.86. The Morgan fingerprint density at radius 3 is 2.39 bits per heavy atom. The maximum atomic E-state index is 12.9. The summed E-state index contributed by atoms with van der Waals surface area (Å²) in [6.07, 6.45) is 1.78. The van der Waals surface area contributed by atoms with Crippen LogP contribution in [0.4, 0.5) is 11.6 Å². The Hall–Kier alpha value is -3.66. The number of nitrogens with one attached hydrogen (secondary N) is 2. The lowest BCUT2D eigenvalue weighted by molar-refractivity contribution is 0.102. The van der Waals surface area contributed by atoms with E-state index in [1.165, 1.54) is 24.3 Å². The van der Waals surface area contributed by atoms with Gasteiger partial charge in [0.15, 0.2) is 0 Å². The number of pyridine rings is 1. The molecule has 31 heavy (non-hydrogen) atoms. The smallest absolute Gasteiger partial charge is 0.274 e. The van der Waals surface area contributed by atoms with Crippen LogP contribution >= 0.6 is 0 Å². The highest BCUT2D eigenvalue weighted by molar-refractivity contribution is 7.92. The van der Waals surface area contributed by atoms with Crippen LogP contribution in [0.1, 0.15) is 33.0 Å². The van der Waals surface area contributed by atoms with Gasteiger partial charge in [0.05, 0.1) is 16.3 Å². The van der Waals surface area contributed by atoms with E-state index in [1.54, 1.807) is 31.4 Å². The molecule has 2 N–H and O–H groups in total. The van der Waals surface area contributed by atoms with Crippen molar-refractivity contribution in [2.45, 2.75) is 32.6 Å². The average Bonchev–Trinajstić information content (AvgIpc) is 3.22. The highest BCUT2D eigenvalue weighted by Gasteiger charge is 2.20. The third-order valence-electron chi connectivity index (χ3n) is 5.04. The van der Waals surface area contributed by atoms with E-state index in [-0.39, 0.29) is 16.7 Å². The van der Waals surface area contributed by atoms with Crippen LogP contribution in [0, 0.1) is 27.7 Å². The van der Waals surface area contributed by atoms with Crippen LogP contribution in [0.2, 0.25) is 0 Å². The van der Waals surface area contributed by atoms with Gasteiger partial charge in [0, 0.05) is 17.4 Å². The first-order valence-electron chi connectivity index (χ1n) is 9.49. The molecule has 0 radical (unpaired) electrons. The second-order valence-corrected chi connectivity index (χ2v) is 8.92. The fraction of sp³-hybridized carbons (Fsp3) is 0.190. The molecule has 9 nitrogen and oxygen atoms in total. The number of benzene rings is 1. The van der Waals surface area contributed by atoms with Crippen LogP contribution in [0.25, 0.3) is 5.65 Å². The molecule has 0 saturated carbocycles. The van der Waals surface area contributed by atoms with Gasteiger partial charge in [-0.25, -0.2) is 18.1 Å². The lowest BCUT2D eigenvalue weighted by atomic mass is 10.2. The molecule has 0 aliphatic carbocycles. The van der Waals surface area contributed by atoms with Crippen LogP contribution in [0.3, 0.4) is 0 Å². The first-order valence-corrected chi connectivity index (χ1v) is 11.0. The molecule has 3 heterocycles. The van der Waals surface area contributed by atoms with Crippen molar-refractivity contribution in [3.05, 3.63) is 70.8 Å². The zero-order valence-electron chi connectivity index (χ0n) is 17.4. The summed E-state index contributed by atoms with van der Waals surface area (Å²) < 4.78 is 34.4. The average molecular weight is 439 g/mol. The van der Waals surface area contributed by atoms with Crippen molar-refractivity contribution in [3.63, 3.8) is 0 Å². The van der Waals surface area contributed by atoms with E-state index in [2.05, 4.69) is 20.2 Å². The van der Waals surface area contributed by atoms with Crippen LogP contribution in [0.5, 0.6) is 0 Å². The first-order chi connectivity index (χ1) is 14.7. The Bertz CT molecular complexity index is 1400. The molecule has 10 heteroatoms. The van der Waals surface area contributed by atoms with Crippen molar-refractivity contribution >= 4 is 33.1 Å². The number of hydrogen-bond acceptors (Lipinski definition) is 6. The minimum Gasteiger partial charge on any atom is -0.337 e. The van der Waals surface area contributed by atoms with E-state index in [4.69, 9.17) is 4.52 Å². The minimum atomic E-state index is -3.86. The van der Waals surface area contributed by atoms with Gasteiger partial charge < -0.3 is 9.84 Å². The summed E-state index contributed by atoms with van der Waals surface area (Å²) in [5.41, 5.74) is 4.39. The Kier molecular flexibility index (Phi) is 5.02. The topological polar surface area (TPSA) is 119 Å². The Morgan fingerprint density at radius 1 is 1.03 bits per heavy atom. The van der Waals surface area contributed by atoms with E-state index >= 15 is 0 Å². The number of imidazole rings is 1. The van der Waals surface area contributed by atoms with Gasteiger partial charge in [0.2, 0.25) is 5.88 Å². The predicted molar refractivity (Wildman–Crippen MR) is 116 cm³/mol. The molecule has 1 amide bonds. The van der Waals surface area contributed by atoms with Crippen LogP contribution < -0.4 is 10.0 Å². The summed E-state index contributed by atoms with van der Waals surface area (Å²) in [6.45, 7) is 7.14. The molecule has 0 unspecified atom stereocenters. The van der Waals surface area contributed by atoms with Crippen molar-refractivity contribution in [1.82, 2.24) is 14.5 Å². The van der Waals surface area contributed by atoms with E-state index in [0.717, 1.165) is 11.2 Å². The molecule has 0 saturated heterocycles. The quantitative estimate of drug-likeness (QED) is 0.490. The molecular formula is C21H21N5O4S. The first kappa shape index (κ1) is 20.6. The molecule has 0 aliphatic heterocycles. The van der Waals surface area contributed by atoms with Crippen molar-refractivity contribution < 1.29 is 17.7 Å². The number of aryl methyl sites for hydroxylation is 3. The van der Waals surface area contributed by atoms with Gasteiger partial charge >= 0.3 is 0 Å². The third-order valence-corrected chi connectivity index (χ3v) is 6.39. The highest BCUT2D eigenvalue weighted by Crippen LogP contribution is 2.23. The number of anilines is 2. The monoisotopic (exact) mass is 439 g/mol. The summed E-state index contributed by atoms with van der Waals surface area (Å²) >= 11 is 0. The number of carbonyl (C=O) groups excluding carboxylic acids is 1.